The molecule has 0 aromatic heterocycles. The van der Waals surface area contributed by atoms with Crippen LogP contribution >= 0.6 is 0 Å². The number of hydrogen-bond acceptors (Lipinski definition) is 1. The van der Waals surface area contributed by atoms with Crippen LogP contribution < -0.4 is 5.32 Å². The maximum atomic E-state index is 12.2. The minimum absolute atomic E-state index is 0.151. The second-order valence-corrected chi connectivity index (χ2v) is 6.14. The third kappa shape index (κ3) is 4.69. The molecule has 17 heavy (non-hydrogen) atoms. The van der Waals surface area contributed by atoms with E-state index in [0.717, 1.165) is 32.2 Å². The van der Waals surface area contributed by atoms with Gasteiger partial charge in [0.2, 0.25) is 5.91 Å². The van der Waals surface area contributed by atoms with Gasteiger partial charge in [0.15, 0.2) is 0 Å². The van der Waals surface area contributed by atoms with Crippen LogP contribution in [0.15, 0.2) is 0 Å². The van der Waals surface area contributed by atoms with Gasteiger partial charge in [0.1, 0.15) is 0 Å². The second-order valence-electron chi connectivity index (χ2n) is 6.14. The average Bonchev–Trinajstić information content (AvgIpc) is 2.26. The van der Waals surface area contributed by atoms with Crippen molar-refractivity contribution in [3.63, 3.8) is 0 Å². The van der Waals surface area contributed by atoms with Crippen LogP contribution in [0.5, 0.6) is 0 Å². The highest BCUT2D eigenvalue weighted by atomic mass is 16.1. The van der Waals surface area contributed by atoms with E-state index in [4.69, 9.17) is 0 Å². The van der Waals surface area contributed by atoms with Crippen molar-refractivity contribution in [3.8, 4) is 0 Å². The molecule has 1 unspecified atom stereocenters. The zero-order valence-corrected chi connectivity index (χ0v) is 11.8. The Morgan fingerprint density at radius 3 is 2.53 bits per heavy atom. The Balaban J connectivity index is 2.65. The predicted molar refractivity (Wildman–Crippen MR) is 72.9 cm³/mol. The Hall–Kier alpha value is -0.530. The summed E-state index contributed by atoms with van der Waals surface area (Å²) in [5.41, 5.74) is 0.151. The lowest BCUT2D eigenvalue weighted by Crippen LogP contribution is -2.40. The van der Waals surface area contributed by atoms with Gasteiger partial charge < -0.3 is 5.32 Å². The van der Waals surface area contributed by atoms with Gasteiger partial charge in [0.25, 0.3) is 0 Å². The summed E-state index contributed by atoms with van der Waals surface area (Å²) in [5.74, 6) is 0.505. The molecule has 1 heterocycles. The van der Waals surface area contributed by atoms with Gasteiger partial charge in [0.05, 0.1) is 0 Å². The molecule has 0 aliphatic carbocycles. The van der Waals surface area contributed by atoms with Gasteiger partial charge in [-0.25, -0.2) is 0 Å². The molecule has 0 aromatic carbocycles. The molecule has 1 amide bonds. The molecule has 1 N–H and O–H groups in total. The molecule has 1 rings (SSSR count). The van der Waals surface area contributed by atoms with E-state index < -0.39 is 0 Å². The Bertz CT molecular complexity index is 235. The fourth-order valence-electron chi connectivity index (χ4n) is 3.03. The first-order chi connectivity index (χ1) is 8.08. The quantitative estimate of drug-likeness (QED) is 0.795. The number of rotatable bonds is 3. The van der Waals surface area contributed by atoms with Crippen molar-refractivity contribution >= 4 is 5.91 Å². The summed E-state index contributed by atoms with van der Waals surface area (Å²) in [4.78, 5) is 12.2. The minimum atomic E-state index is 0.151. The molecule has 0 saturated carbocycles. The lowest BCUT2D eigenvalue weighted by atomic mass is 9.72. The third-order valence-electron chi connectivity index (χ3n) is 4.12. The van der Waals surface area contributed by atoms with Crippen LogP contribution in [0.3, 0.4) is 0 Å². The highest BCUT2D eigenvalue weighted by molar-refractivity contribution is 5.79. The monoisotopic (exact) mass is 239 g/mol. The number of carbonyl (C=O) groups excluding carboxylic acids is 1. The molecule has 0 spiro atoms. The number of amides is 1. The number of nitrogens with one attached hydrogen (secondary N) is 1. The lowest BCUT2D eigenvalue weighted by Gasteiger charge is -2.34. The van der Waals surface area contributed by atoms with E-state index in [1.54, 1.807) is 0 Å². The van der Waals surface area contributed by atoms with Crippen LogP contribution in [-0.2, 0) is 4.79 Å². The van der Waals surface area contributed by atoms with E-state index in [1.807, 2.05) is 0 Å². The summed E-state index contributed by atoms with van der Waals surface area (Å²) in [5, 5.41) is 3.13. The van der Waals surface area contributed by atoms with Crippen molar-refractivity contribution in [3.05, 3.63) is 0 Å². The number of carbonyl (C=O) groups is 1. The van der Waals surface area contributed by atoms with Crippen molar-refractivity contribution in [1.29, 1.82) is 0 Å². The maximum Gasteiger partial charge on any atom is 0.223 e. The van der Waals surface area contributed by atoms with Crippen molar-refractivity contribution in [2.45, 2.75) is 72.1 Å². The maximum absolute atomic E-state index is 12.2. The van der Waals surface area contributed by atoms with E-state index in [-0.39, 0.29) is 11.3 Å². The van der Waals surface area contributed by atoms with E-state index in [9.17, 15) is 4.79 Å². The molecule has 1 aliphatic heterocycles. The average molecular weight is 239 g/mol. The number of hydrogen-bond donors (Lipinski definition) is 1. The topological polar surface area (TPSA) is 29.1 Å². The molecule has 1 fully saturated rings. The van der Waals surface area contributed by atoms with Gasteiger partial charge in [-0.15, -0.1) is 0 Å². The zero-order chi connectivity index (χ0) is 12.7. The second kappa shape index (κ2) is 7.03. The molecule has 2 nitrogen and oxygen atoms in total. The van der Waals surface area contributed by atoms with E-state index >= 15 is 0 Å². The van der Waals surface area contributed by atoms with E-state index in [1.165, 1.54) is 25.7 Å². The van der Waals surface area contributed by atoms with Crippen LogP contribution in [0.1, 0.15) is 72.1 Å². The fourth-order valence-corrected chi connectivity index (χ4v) is 3.03. The molecule has 0 radical (unpaired) electrons. The van der Waals surface area contributed by atoms with Crippen LogP contribution in [0.25, 0.3) is 0 Å². The highest BCUT2D eigenvalue weighted by Crippen LogP contribution is 2.36. The molecular formula is C15H29NO. The van der Waals surface area contributed by atoms with Crippen molar-refractivity contribution in [2.75, 3.05) is 6.54 Å². The van der Waals surface area contributed by atoms with Gasteiger partial charge in [-0.3, -0.25) is 4.79 Å². The summed E-state index contributed by atoms with van der Waals surface area (Å²) in [6.45, 7) is 7.59. The van der Waals surface area contributed by atoms with Crippen LogP contribution in [0.2, 0.25) is 0 Å². The molecule has 100 valence electrons. The van der Waals surface area contributed by atoms with Gasteiger partial charge >= 0.3 is 0 Å². The minimum Gasteiger partial charge on any atom is -0.356 e. The van der Waals surface area contributed by atoms with Gasteiger partial charge in [0, 0.05) is 12.5 Å². The molecule has 0 bridgehead atoms. The summed E-state index contributed by atoms with van der Waals surface area (Å²) in [6, 6.07) is 0. The molecule has 2 heteroatoms. The van der Waals surface area contributed by atoms with Crippen molar-refractivity contribution in [2.24, 2.45) is 11.3 Å². The Morgan fingerprint density at radius 1 is 1.18 bits per heavy atom. The van der Waals surface area contributed by atoms with Gasteiger partial charge in [-0.05, 0) is 24.7 Å². The smallest absolute Gasteiger partial charge is 0.223 e. The Morgan fingerprint density at radius 2 is 1.82 bits per heavy atom. The SMILES string of the molecule is CCCC(C)(C)C1CCCCCCCNC1=O. The first kappa shape index (κ1) is 14.5. The van der Waals surface area contributed by atoms with Crippen LogP contribution in [-0.4, -0.2) is 12.5 Å². The van der Waals surface area contributed by atoms with E-state index in [0.29, 0.717) is 5.91 Å². The molecule has 1 saturated heterocycles. The first-order valence-electron chi connectivity index (χ1n) is 7.35. The van der Waals surface area contributed by atoms with Gasteiger partial charge in [-0.1, -0.05) is 52.9 Å². The Labute approximate surface area is 107 Å². The molecule has 0 aromatic rings. The summed E-state index contributed by atoms with van der Waals surface area (Å²) < 4.78 is 0. The summed E-state index contributed by atoms with van der Waals surface area (Å²) in [7, 11) is 0. The van der Waals surface area contributed by atoms with Gasteiger partial charge in [-0.2, -0.15) is 0 Å². The van der Waals surface area contributed by atoms with Crippen LogP contribution in [0, 0.1) is 11.3 Å². The summed E-state index contributed by atoms with van der Waals surface area (Å²) >= 11 is 0. The largest absolute Gasteiger partial charge is 0.356 e. The zero-order valence-electron chi connectivity index (χ0n) is 11.8. The first-order valence-corrected chi connectivity index (χ1v) is 7.35. The fraction of sp³-hybridized carbons (Fsp3) is 0.933. The lowest BCUT2D eigenvalue weighted by molar-refractivity contribution is -0.129. The highest BCUT2D eigenvalue weighted by Gasteiger charge is 2.33. The van der Waals surface area contributed by atoms with Crippen LogP contribution in [0.4, 0.5) is 0 Å². The third-order valence-corrected chi connectivity index (χ3v) is 4.12. The molecular weight excluding hydrogens is 210 g/mol. The predicted octanol–water partition coefficient (Wildman–Crippen LogP) is 3.90. The summed E-state index contributed by atoms with van der Waals surface area (Å²) in [6.07, 6.45) is 9.63. The van der Waals surface area contributed by atoms with Crippen molar-refractivity contribution < 1.29 is 4.79 Å². The standard InChI is InChI=1S/C15H29NO/c1-4-11-15(2,3)13-10-8-6-5-7-9-12-16-14(13)17/h13H,4-12H2,1-3H3,(H,16,17). The van der Waals surface area contributed by atoms with E-state index in [2.05, 4.69) is 26.1 Å². The normalized spacial score (nSPS) is 24.2. The van der Waals surface area contributed by atoms with Crippen molar-refractivity contribution in [1.82, 2.24) is 5.32 Å². The molecule has 1 atom stereocenters. The molecule has 1 aliphatic rings. The Kier molecular flexibility index (Phi) is 6.01.